The van der Waals surface area contributed by atoms with E-state index in [0.29, 0.717) is 0 Å². The lowest BCUT2D eigenvalue weighted by Crippen LogP contribution is -2.38. The molecule has 1 fully saturated rings. The highest BCUT2D eigenvalue weighted by Gasteiger charge is 2.49. The topological polar surface area (TPSA) is 38.7 Å². The molecule has 1 aromatic carbocycles. The summed E-state index contributed by atoms with van der Waals surface area (Å²) in [6.45, 7) is 2.32. The van der Waals surface area contributed by atoms with Gasteiger partial charge < -0.3 is 14.6 Å². The van der Waals surface area contributed by atoms with E-state index in [-0.39, 0.29) is 24.2 Å². The van der Waals surface area contributed by atoms with Crippen molar-refractivity contribution in [2.24, 2.45) is 5.92 Å². The smallest absolute Gasteiger partial charge is 0.119 e. The van der Waals surface area contributed by atoms with E-state index in [1.807, 2.05) is 6.07 Å². The van der Waals surface area contributed by atoms with Crippen molar-refractivity contribution in [2.75, 3.05) is 13.7 Å². The number of benzene rings is 1. The Labute approximate surface area is 101 Å². The Morgan fingerprint density at radius 1 is 1.53 bits per heavy atom. The van der Waals surface area contributed by atoms with Crippen LogP contribution in [0.2, 0.25) is 0 Å². The maximum Gasteiger partial charge on any atom is 0.119 e. The van der Waals surface area contributed by atoms with Crippen LogP contribution in [0, 0.1) is 5.92 Å². The van der Waals surface area contributed by atoms with Gasteiger partial charge >= 0.3 is 0 Å². The van der Waals surface area contributed by atoms with Crippen LogP contribution in [0.4, 0.5) is 0 Å². The second-order valence-corrected chi connectivity index (χ2v) is 5.28. The molecule has 0 radical (unpaired) electrons. The van der Waals surface area contributed by atoms with Crippen molar-refractivity contribution in [2.45, 2.75) is 31.5 Å². The van der Waals surface area contributed by atoms with Crippen molar-refractivity contribution >= 4 is 0 Å². The second kappa shape index (κ2) is 3.72. The highest BCUT2D eigenvalue weighted by molar-refractivity contribution is 5.41. The van der Waals surface area contributed by atoms with Crippen LogP contribution in [0.15, 0.2) is 18.2 Å². The number of methoxy groups -OCH3 is 1. The monoisotopic (exact) mass is 234 g/mol. The number of rotatable bonds is 2. The Morgan fingerprint density at radius 3 is 3.06 bits per heavy atom. The summed E-state index contributed by atoms with van der Waals surface area (Å²) >= 11 is 0. The molecule has 0 aliphatic carbocycles. The summed E-state index contributed by atoms with van der Waals surface area (Å²) in [6, 6.07) is 6.20. The standard InChI is InChI=1S/C14H18O3/c1-14-7-9-3-4-11(16-2)6-12(9)13(17-14)5-10(14)8-15/h3-4,6,10,13,15H,5,7-8H2,1-2H3/t10-,13+,14+/m1/s1. The molecule has 0 aromatic heterocycles. The van der Waals surface area contributed by atoms with Crippen LogP contribution < -0.4 is 4.74 Å². The van der Waals surface area contributed by atoms with Gasteiger partial charge in [-0.15, -0.1) is 0 Å². The molecule has 2 aliphatic heterocycles. The SMILES string of the molecule is COc1ccc2c(c1)[C@@H]1C[C@H](CO)[C@](C)(C2)O1. The van der Waals surface area contributed by atoms with Crippen LogP contribution in [0.1, 0.15) is 30.6 Å². The molecule has 1 N–H and O–H groups in total. The van der Waals surface area contributed by atoms with Gasteiger partial charge in [-0.3, -0.25) is 0 Å². The predicted octanol–water partition coefficient (Wildman–Crippen LogP) is 2.08. The molecule has 2 aliphatic rings. The highest BCUT2D eigenvalue weighted by Crippen LogP contribution is 2.50. The van der Waals surface area contributed by atoms with Crippen molar-refractivity contribution < 1.29 is 14.6 Å². The first-order valence-corrected chi connectivity index (χ1v) is 6.12. The van der Waals surface area contributed by atoms with Gasteiger partial charge in [0.05, 0.1) is 18.8 Å². The Morgan fingerprint density at radius 2 is 2.35 bits per heavy atom. The molecular formula is C14H18O3. The van der Waals surface area contributed by atoms with Crippen LogP contribution in [0.25, 0.3) is 0 Å². The van der Waals surface area contributed by atoms with E-state index < -0.39 is 0 Å². The lowest BCUT2D eigenvalue weighted by atomic mass is 9.85. The van der Waals surface area contributed by atoms with E-state index >= 15 is 0 Å². The molecule has 17 heavy (non-hydrogen) atoms. The van der Waals surface area contributed by atoms with Gasteiger partial charge in [-0.2, -0.15) is 0 Å². The van der Waals surface area contributed by atoms with Crippen LogP contribution in [-0.2, 0) is 11.2 Å². The molecule has 0 saturated carbocycles. The number of fused-ring (bicyclic) bond motifs is 4. The number of ether oxygens (including phenoxy) is 2. The highest BCUT2D eigenvalue weighted by atomic mass is 16.5. The number of aliphatic hydroxyl groups excluding tert-OH is 1. The fourth-order valence-corrected chi connectivity index (χ4v) is 3.16. The van der Waals surface area contributed by atoms with Crippen molar-refractivity contribution in [1.29, 1.82) is 0 Å². The van der Waals surface area contributed by atoms with E-state index in [1.165, 1.54) is 11.1 Å². The molecule has 1 aromatic rings. The summed E-state index contributed by atoms with van der Waals surface area (Å²) in [6.07, 6.45) is 1.91. The molecule has 1 saturated heterocycles. The van der Waals surface area contributed by atoms with Crippen molar-refractivity contribution in [3.63, 3.8) is 0 Å². The van der Waals surface area contributed by atoms with Gasteiger partial charge in [-0.05, 0) is 36.6 Å². The molecule has 2 heterocycles. The van der Waals surface area contributed by atoms with E-state index in [0.717, 1.165) is 18.6 Å². The molecule has 0 amide bonds. The first kappa shape index (κ1) is 11.1. The largest absolute Gasteiger partial charge is 0.497 e. The lowest BCUT2D eigenvalue weighted by molar-refractivity contribution is -0.0640. The predicted molar refractivity (Wildman–Crippen MR) is 64.1 cm³/mol. The zero-order valence-corrected chi connectivity index (χ0v) is 10.3. The summed E-state index contributed by atoms with van der Waals surface area (Å²) in [5.74, 6) is 1.12. The molecule has 2 bridgehead atoms. The number of hydrogen-bond acceptors (Lipinski definition) is 3. The maximum absolute atomic E-state index is 9.45. The van der Waals surface area contributed by atoms with Crippen LogP contribution in [0.3, 0.4) is 0 Å². The van der Waals surface area contributed by atoms with Gasteiger partial charge in [0, 0.05) is 18.9 Å². The maximum atomic E-state index is 9.45. The number of aliphatic hydroxyl groups is 1. The normalized spacial score (nSPS) is 34.5. The van der Waals surface area contributed by atoms with Gasteiger partial charge in [-0.1, -0.05) is 6.07 Å². The van der Waals surface area contributed by atoms with E-state index in [2.05, 4.69) is 19.1 Å². The van der Waals surface area contributed by atoms with E-state index in [4.69, 9.17) is 9.47 Å². The van der Waals surface area contributed by atoms with Gasteiger partial charge in [0.2, 0.25) is 0 Å². The number of hydrogen-bond donors (Lipinski definition) is 1. The van der Waals surface area contributed by atoms with Gasteiger partial charge in [0.25, 0.3) is 0 Å². The molecule has 3 rings (SSSR count). The van der Waals surface area contributed by atoms with Gasteiger partial charge in [-0.25, -0.2) is 0 Å². The zero-order valence-electron chi connectivity index (χ0n) is 10.3. The Hall–Kier alpha value is -1.06. The zero-order chi connectivity index (χ0) is 12.0. The van der Waals surface area contributed by atoms with Crippen LogP contribution >= 0.6 is 0 Å². The van der Waals surface area contributed by atoms with Gasteiger partial charge in [0.15, 0.2) is 0 Å². The molecule has 3 heteroatoms. The lowest BCUT2D eigenvalue weighted by Gasteiger charge is -2.34. The minimum atomic E-state index is -0.193. The Bertz CT molecular complexity index is 443. The van der Waals surface area contributed by atoms with E-state index in [1.54, 1.807) is 7.11 Å². The Balaban J connectivity index is 2.02. The molecule has 0 spiro atoms. The third-order valence-corrected chi connectivity index (χ3v) is 4.24. The van der Waals surface area contributed by atoms with Crippen molar-refractivity contribution in [1.82, 2.24) is 0 Å². The summed E-state index contributed by atoms with van der Waals surface area (Å²) in [5.41, 5.74) is 2.37. The third kappa shape index (κ3) is 1.57. The van der Waals surface area contributed by atoms with Crippen molar-refractivity contribution in [3.8, 4) is 5.75 Å². The first-order valence-electron chi connectivity index (χ1n) is 6.12. The van der Waals surface area contributed by atoms with Crippen LogP contribution in [-0.4, -0.2) is 24.4 Å². The third-order valence-electron chi connectivity index (χ3n) is 4.24. The average Bonchev–Trinajstić information content (AvgIpc) is 2.61. The minimum absolute atomic E-state index is 0.121. The summed E-state index contributed by atoms with van der Waals surface area (Å²) < 4.78 is 11.4. The first-order chi connectivity index (χ1) is 8.16. The Kier molecular flexibility index (Phi) is 2.42. The minimum Gasteiger partial charge on any atom is -0.497 e. The summed E-state index contributed by atoms with van der Waals surface area (Å²) in [7, 11) is 1.68. The van der Waals surface area contributed by atoms with E-state index in [9.17, 15) is 5.11 Å². The van der Waals surface area contributed by atoms with Crippen molar-refractivity contribution in [3.05, 3.63) is 29.3 Å². The quantitative estimate of drug-likeness (QED) is 0.851. The second-order valence-electron chi connectivity index (χ2n) is 5.28. The molecule has 3 nitrogen and oxygen atoms in total. The summed E-state index contributed by atoms with van der Waals surface area (Å²) in [4.78, 5) is 0. The molecule has 0 unspecified atom stereocenters. The molecule has 3 atom stereocenters. The summed E-state index contributed by atoms with van der Waals surface area (Å²) in [5, 5.41) is 9.45. The van der Waals surface area contributed by atoms with Crippen LogP contribution in [0.5, 0.6) is 5.75 Å². The molecule has 92 valence electrons. The molecular weight excluding hydrogens is 216 g/mol. The van der Waals surface area contributed by atoms with Gasteiger partial charge in [0.1, 0.15) is 5.75 Å². The fraction of sp³-hybridized carbons (Fsp3) is 0.571. The average molecular weight is 234 g/mol. The fourth-order valence-electron chi connectivity index (χ4n) is 3.16.